The van der Waals surface area contributed by atoms with Crippen LogP contribution in [0.15, 0.2) is 48.5 Å². The van der Waals surface area contributed by atoms with E-state index in [4.69, 9.17) is 10.5 Å². The summed E-state index contributed by atoms with van der Waals surface area (Å²) in [6, 6.07) is 16.6. The molecule has 2 N–H and O–H groups in total. The van der Waals surface area contributed by atoms with Gasteiger partial charge < -0.3 is 10.5 Å². The van der Waals surface area contributed by atoms with E-state index in [-0.39, 0.29) is 0 Å². The first-order chi connectivity index (χ1) is 9.29. The summed E-state index contributed by atoms with van der Waals surface area (Å²) in [5, 5.41) is 0. The quantitative estimate of drug-likeness (QED) is 0.858. The first-order valence-corrected chi connectivity index (χ1v) is 6.76. The lowest BCUT2D eigenvalue weighted by molar-refractivity contribution is 0.302. The number of ether oxygens (including phenoxy) is 1. The molecule has 0 heterocycles. The molecule has 0 aromatic heterocycles. The lowest BCUT2D eigenvalue weighted by atomic mass is 10.1. The van der Waals surface area contributed by atoms with Gasteiger partial charge in [-0.05, 0) is 43.5 Å². The first kappa shape index (κ1) is 13.6. The molecular weight excluding hydrogens is 234 g/mol. The van der Waals surface area contributed by atoms with Gasteiger partial charge in [-0.3, -0.25) is 0 Å². The number of hydrogen-bond acceptors (Lipinski definition) is 2. The predicted molar refractivity (Wildman–Crippen MR) is 79.3 cm³/mol. The number of para-hydroxylation sites is 1. The summed E-state index contributed by atoms with van der Waals surface area (Å²) in [7, 11) is 0. The fourth-order valence-corrected chi connectivity index (χ4v) is 1.99. The molecule has 2 nitrogen and oxygen atoms in total. The molecule has 0 unspecified atom stereocenters. The van der Waals surface area contributed by atoms with Crippen molar-refractivity contribution in [3.8, 4) is 5.75 Å². The molecule has 0 aliphatic rings. The average molecular weight is 255 g/mol. The van der Waals surface area contributed by atoms with Crippen molar-refractivity contribution in [1.82, 2.24) is 0 Å². The Morgan fingerprint density at radius 2 is 1.74 bits per heavy atom. The molecule has 0 aliphatic carbocycles. The van der Waals surface area contributed by atoms with Crippen LogP contribution >= 0.6 is 0 Å². The third-order valence-electron chi connectivity index (χ3n) is 3.14. The van der Waals surface area contributed by atoms with E-state index in [1.807, 2.05) is 18.2 Å². The Hall–Kier alpha value is -1.80. The van der Waals surface area contributed by atoms with Crippen molar-refractivity contribution in [2.75, 3.05) is 6.54 Å². The van der Waals surface area contributed by atoms with Crippen molar-refractivity contribution >= 4 is 0 Å². The molecule has 2 rings (SSSR count). The van der Waals surface area contributed by atoms with Crippen LogP contribution in [0, 0.1) is 6.92 Å². The number of rotatable bonds is 6. The summed E-state index contributed by atoms with van der Waals surface area (Å²) in [6.45, 7) is 3.42. The van der Waals surface area contributed by atoms with E-state index < -0.39 is 0 Å². The van der Waals surface area contributed by atoms with Crippen LogP contribution in [0.1, 0.15) is 23.1 Å². The predicted octanol–water partition coefficient (Wildman–Crippen LogP) is 3.47. The van der Waals surface area contributed by atoms with E-state index in [1.165, 1.54) is 16.7 Å². The van der Waals surface area contributed by atoms with Gasteiger partial charge in [-0.2, -0.15) is 0 Å². The van der Waals surface area contributed by atoms with Gasteiger partial charge >= 0.3 is 0 Å². The van der Waals surface area contributed by atoms with Crippen molar-refractivity contribution in [1.29, 1.82) is 0 Å². The van der Waals surface area contributed by atoms with Crippen LogP contribution in [0.2, 0.25) is 0 Å². The highest BCUT2D eigenvalue weighted by molar-refractivity contribution is 5.33. The van der Waals surface area contributed by atoms with Crippen LogP contribution in [0.4, 0.5) is 0 Å². The Morgan fingerprint density at radius 1 is 1.00 bits per heavy atom. The van der Waals surface area contributed by atoms with Crippen LogP contribution in [0.5, 0.6) is 5.75 Å². The van der Waals surface area contributed by atoms with E-state index >= 15 is 0 Å². The third-order valence-corrected chi connectivity index (χ3v) is 3.14. The lowest BCUT2D eigenvalue weighted by Gasteiger charge is -2.11. The summed E-state index contributed by atoms with van der Waals surface area (Å²) in [5.74, 6) is 0.969. The van der Waals surface area contributed by atoms with Crippen molar-refractivity contribution in [2.24, 2.45) is 5.73 Å². The third kappa shape index (κ3) is 4.11. The zero-order valence-corrected chi connectivity index (χ0v) is 11.4. The van der Waals surface area contributed by atoms with Gasteiger partial charge in [0.15, 0.2) is 0 Å². The van der Waals surface area contributed by atoms with Crippen LogP contribution < -0.4 is 10.5 Å². The first-order valence-electron chi connectivity index (χ1n) is 6.76. The second kappa shape index (κ2) is 6.95. The second-order valence-corrected chi connectivity index (χ2v) is 4.77. The van der Waals surface area contributed by atoms with Gasteiger partial charge in [-0.1, -0.05) is 48.0 Å². The van der Waals surface area contributed by atoms with Gasteiger partial charge in [0.05, 0.1) is 0 Å². The SMILES string of the molecule is Cc1ccc(COc2ccccc2CCCN)cc1. The summed E-state index contributed by atoms with van der Waals surface area (Å²) < 4.78 is 5.92. The minimum absolute atomic E-state index is 0.611. The topological polar surface area (TPSA) is 35.2 Å². The number of nitrogens with two attached hydrogens (primary N) is 1. The fraction of sp³-hybridized carbons (Fsp3) is 0.294. The van der Waals surface area contributed by atoms with Gasteiger partial charge in [0.25, 0.3) is 0 Å². The molecule has 2 heteroatoms. The Morgan fingerprint density at radius 3 is 2.47 bits per heavy atom. The van der Waals surface area contributed by atoms with Gasteiger partial charge in [0.1, 0.15) is 12.4 Å². The molecule has 0 spiro atoms. The number of benzene rings is 2. The number of aryl methyl sites for hydroxylation is 2. The zero-order chi connectivity index (χ0) is 13.5. The normalized spacial score (nSPS) is 10.4. The molecule has 19 heavy (non-hydrogen) atoms. The van der Waals surface area contributed by atoms with Crippen molar-refractivity contribution in [3.63, 3.8) is 0 Å². The summed E-state index contributed by atoms with van der Waals surface area (Å²) in [6.07, 6.45) is 1.96. The highest BCUT2D eigenvalue weighted by Gasteiger charge is 2.03. The van der Waals surface area contributed by atoms with E-state index in [1.54, 1.807) is 0 Å². The molecule has 0 amide bonds. The maximum absolute atomic E-state index is 5.92. The molecule has 0 atom stereocenters. The fourth-order valence-electron chi connectivity index (χ4n) is 1.99. The molecule has 0 bridgehead atoms. The summed E-state index contributed by atoms with van der Waals surface area (Å²) in [4.78, 5) is 0. The molecule has 0 saturated heterocycles. The largest absolute Gasteiger partial charge is 0.489 e. The van der Waals surface area contributed by atoms with Crippen LogP contribution in [-0.2, 0) is 13.0 Å². The maximum Gasteiger partial charge on any atom is 0.122 e. The zero-order valence-electron chi connectivity index (χ0n) is 11.4. The molecule has 2 aromatic carbocycles. The van der Waals surface area contributed by atoms with Gasteiger partial charge in [0, 0.05) is 0 Å². The lowest BCUT2D eigenvalue weighted by Crippen LogP contribution is -2.03. The van der Waals surface area contributed by atoms with Gasteiger partial charge in [-0.25, -0.2) is 0 Å². The summed E-state index contributed by atoms with van der Waals surface area (Å²) in [5.41, 5.74) is 9.27. The van der Waals surface area contributed by atoms with Crippen LogP contribution in [-0.4, -0.2) is 6.54 Å². The van der Waals surface area contributed by atoms with E-state index in [2.05, 4.69) is 37.3 Å². The van der Waals surface area contributed by atoms with Gasteiger partial charge in [0.2, 0.25) is 0 Å². The molecular formula is C17H21NO. The Bertz CT molecular complexity index is 505. The molecule has 2 aromatic rings. The molecule has 0 fully saturated rings. The highest BCUT2D eigenvalue weighted by atomic mass is 16.5. The minimum Gasteiger partial charge on any atom is -0.489 e. The maximum atomic E-state index is 5.92. The molecule has 0 radical (unpaired) electrons. The van der Waals surface area contributed by atoms with E-state index in [0.717, 1.165) is 18.6 Å². The van der Waals surface area contributed by atoms with Gasteiger partial charge in [-0.15, -0.1) is 0 Å². The van der Waals surface area contributed by atoms with Crippen molar-refractivity contribution in [3.05, 3.63) is 65.2 Å². The average Bonchev–Trinajstić information content (AvgIpc) is 2.45. The number of hydrogen-bond donors (Lipinski definition) is 1. The highest BCUT2D eigenvalue weighted by Crippen LogP contribution is 2.20. The molecule has 100 valence electrons. The van der Waals surface area contributed by atoms with Crippen molar-refractivity contribution in [2.45, 2.75) is 26.4 Å². The minimum atomic E-state index is 0.611. The van der Waals surface area contributed by atoms with Crippen LogP contribution in [0.25, 0.3) is 0 Å². The summed E-state index contributed by atoms with van der Waals surface area (Å²) >= 11 is 0. The monoisotopic (exact) mass is 255 g/mol. The standard InChI is InChI=1S/C17H21NO/c1-14-8-10-15(11-9-14)13-19-17-7-3-2-5-16(17)6-4-12-18/h2-3,5,7-11H,4,6,12-13,18H2,1H3. The van der Waals surface area contributed by atoms with Crippen molar-refractivity contribution < 1.29 is 4.74 Å². The van der Waals surface area contributed by atoms with E-state index in [0.29, 0.717) is 13.2 Å². The Balaban J connectivity index is 2.00. The molecule has 0 saturated carbocycles. The Labute approximate surface area is 115 Å². The van der Waals surface area contributed by atoms with E-state index in [9.17, 15) is 0 Å². The Kier molecular flexibility index (Phi) is 4.99. The smallest absolute Gasteiger partial charge is 0.122 e. The molecule has 0 aliphatic heterocycles. The second-order valence-electron chi connectivity index (χ2n) is 4.77. The van der Waals surface area contributed by atoms with Crippen LogP contribution in [0.3, 0.4) is 0 Å².